The molecule has 0 unspecified atom stereocenters. The molecule has 0 amide bonds. The molecular weight excluding hydrogens is 174 g/mol. The van der Waals surface area contributed by atoms with Crippen molar-refractivity contribution < 1.29 is 0 Å². The molecule has 0 N–H and O–H groups in total. The summed E-state index contributed by atoms with van der Waals surface area (Å²) in [7, 11) is 0. The Labute approximate surface area is 85.2 Å². The van der Waals surface area contributed by atoms with Crippen LogP contribution in [0.1, 0.15) is 19.5 Å². The van der Waals surface area contributed by atoms with Crippen LogP contribution in [0.4, 0.5) is 0 Å². The highest BCUT2D eigenvalue weighted by molar-refractivity contribution is 4.96. The van der Waals surface area contributed by atoms with Crippen molar-refractivity contribution in [2.24, 2.45) is 11.8 Å². The smallest absolute Gasteiger partial charge is 0.0726 e. The van der Waals surface area contributed by atoms with E-state index in [1.807, 2.05) is 6.20 Å². The van der Waals surface area contributed by atoms with Crippen LogP contribution < -0.4 is 0 Å². The first-order valence-corrected chi connectivity index (χ1v) is 5.23. The molecule has 3 heteroatoms. The zero-order valence-corrected chi connectivity index (χ0v) is 8.85. The summed E-state index contributed by atoms with van der Waals surface area (Å²) >= 11 is 0. The molecule has 1 aliphatic rings. The van der Waals surface area contributed by atoms with E-state index in [1.165, 1.54) is 13.1 Å². The lowest BCUT2D eigenvalue weighted by molar-refractivity contribution is 0.0602. The van der Waals surface area contributed by atoms with Gasteiger partial charge in [-0.15, -0.1) is 0 Å². The van der Waals surface area contributed by atoms with Crippen LogP contribution in [-0.4, -0.2) is 28.0 Å². The molecule has 0 aliphatic carbocycles. The molecule has 0 saturated carbocycles. The summed E-state index contributed by atoms with van der Waals surface area (Å²) in [5.41, 5.74) is 1.08. The molecule has 0 aromatic carbocycles. The first-order chi connectivity index (χ1) is 6.75. The Kier molecular flexibility index (Phi) is 2.77. The van der Waals surface area contributed by atoms with Crippen molar-refractivity contribution in [3.63, 3.8) is 0 Å². The fourth-order valence-corrected chi connectivity index (χ4v) is 1.80. The molecule has 0 spiro atoms. The van der Waals surface area contributed by atoms with E-state index in [1.54, 1.807) is 12.4 Å². The monoisotopic (exact) mass is 191 g/mol. The van der Waals surface area contributed by atoms with Gasteiger partial charge in [-0.25, -0.2) is 0 Å². The third-order valence-electron chi connectivity index (χ3n) is 2.93. The van der Waals surface area contributed by atoms with Gasteiger partial charge in [-0.05, 0) is 11.8 Å². The second kappa shape index (κ2) is 4.05. The fourth-order valence-electron chi connectivity index (χ4n) is 1.80. The maximum atomic E-state index is 4.27. The molecule has 3 nitrogen and oxygen atoms in total. The Balaban J connectivity index is 1.80. The van der Waals surface area contributed by atoms with Gasteiger partial charge in [0.05, 0.1) is 5.69 Å². The molecule has 1 aliphatic heterocycles. The molecule has 76 valence electrons. The average molecular weight is 191 g/mol. The number of aromatic nitrogens is 2. The molecule has 1 aromatic rings. The summed E-state index contributed by atoms with van der Waals surface area (Å²) in [5.74, 6) is 1.69. The van der Waals surface area contributed by atoms with E-state index >= 15 is 0 Å². The zero-order valence-electron chi connectivity index (χ0n) is 8.85. The lowest BCUT2D eigenvalue weighted by Crippen LogP contribution is -2.48. The average Bonchev–Trinajstić information content (AvgIpc) is 2.12. The zero-order chi connectivity index (χ0) is 9.97. The van der Waals surface area contributed by atoms with Crippen LogP contribution in [0.2, 0.25) is 0 Å². The molecular formula is C11H17N3. The Morgan fingerprint density at radius 3 is 2.79 bits per heavy atom. The van der Waals surface area contributed by atoms with Crippen molar-refractivity contribution in [3.05, 3.63) is 24.3 Å². The van der Waals surface area contributed by atoms with E-state index in [4.69, 9.17) is 0 Å². The second-order valence-electron chi connectivity index (χ2n) is 4.39. The normalized spacial score (nSPS) is 18.5. The Morgan fingerprint density at radius 2 is 2.21 bits per heavy atom. The highest BCUT2D eigenvalue weighted by atomic mass is 15.2. The van der Waals surface area contributed by atoms with E-state index in [2.05, 4.69) is 28.7 Å². The van der Waals surface area contributed by atoms with Crippen LogP contribution in [0.15, 0.2) is 18.6 Å². The van der Waals surface area contributed by atoms with Gasteiger partial charge in [0, 0.05) is 38.2 Å². The minimum absolute atomic E-state index is 0.813. The minimum Gasteiger partial charge on any atom is -0.297 e. The van der Waals surface area contributed by atoms with E-state index in [0.717, 1.165) is 24.1 Å². The molecule has 1 fully saturated rings. The number of likely N-dealkylation sites (tertiary alicyclic amines) is 1. The van der Waals surface area contributed by atoms with Gasteiger partial charge in [0.25, 0.3) is 0 Å². The molecule has 0 radical (unpaired) electrons. The van der Waals surface area contributed by atoms with E-state index in [0.29, 0.717) is 0 Å². The number of nitrogens with zero attached hydrogens (tertiary/aromatic N) is 3. The van der Waals surface area contributed by atoms with Crippen LogP contribution >= 0.6 is 0 Å². The third kappa shape index (κ3) is 2.10. The Bertz CT molecular complexity index is 278. The topological polar surface area (TPSA) is 29.0 Å². The minimum atomic E-state index is 0.813. The highest BCUT2D eigenvalue weighted by Crippen LogP contribution is 2.24. The first-order valence-electron chi connectivity index (χ1n) is 5.23. The van der Waals surface area contributed by atoms with Crippen molar-refractivity contribution in [2.45, 2.75) is 20.4 Å². The highest BCUT2D eigenvalue weighted by Gasteiger charge is 2.28. The predicted octanol–water partition coefficient (Wildman–Crippen LogP) is 1.56. The molecule has 0 bridgehead atoms. The van der Waals surface area contributed by atoms with Gasteiger partial charge < -0.3 is 0 Å². The van der Waals surface area contributed by atoms with Crippen LogP contribution in [-0.2, 0) is 6.54 Å². The lowest BCUT2D eigenvalue weighted by atomic mass is 9.88. The summed E-state index contributed by atoms with van der Waals surface area (Å²) in [6.07, 6.45) is 5.33. The van der Waals surface area contributed by atoms with E-state index in [9.17, 15) is 0 Å². The van der Waals surface area contributed by atoms with Gasteiger partial charge in [-0.2, -0.15) is 0 Å². The largest absolute Gasteiger partial charge is 0.297 e. The van der Waals surface area contributed by atoms with Crippen molar-refractivity contribution in [2.75, 3.05) is 13.1 Å². The SMILES string of the molecule is CC(C)C1CN(Cc2cnccn2)C1. The molecule has 2 heterocycles. The van der Waals surface area contributed by atoms with Gasteiger partial charge in [-0.1, -0.05) is 13.8 Å². The Hall–Kier alpha value is -0.960. The van der Waals surface area contributed by atoms with Crippen LogP contribution in [0.25, 0.3) is 0 Å². The maximum absolute atomic E-state index is 4.27. The predicted molar refractivity (Wildman–Crippen MR) is 55.6 cm³/mol. The van der Waals surface area contributed by atoms with E-state index < -0.39 is 0 Å². The van der Waals surface area contributed by atoms with Crippen LogP contribution in [0.3, 0.4) is 0 Å². The third-order valence-corrected chi connectivity index (χ3v) is 2.93. The van der Waals surface area contributed by atoms with E-state index in [-0.39, 0.29) is 0 Å². The summed E-state index contributed by atoms with van der Waals surface area (Å²) in [6.45, 7) is 7.98. The van der Waals surface area contributed by atoms with Gasteiger partial charge in [-0.3, -0.25) is 14.9 Å². The van der Waals surface area contributed by atoms with Crippen molar-refractivity contribution in [3.8, 4) is 0 Å². The first kappa shape index (κ1) is 9.59. The molecule has 0 atom stereocenters. The quantitative estimate of drug-likeness (QED) is 0.726. The number of hydrogen-bond acceptors (Lipinski definition) is 3. The standard InChI is InChI=1S/C11H17N3/c1-9(2)10-6-14(7-10)8-11-5-12-3-4-13-11/h3-5,9-10H,6-8H2,1-2H3. The van der Waals surface area contributed by atoms with Crippen molar-refractivity contribution in [1.82, 2.24) is 14.9 Å². The summed E-state index contributed by atoms with van der Waals surface area (Å²) in [4.78, 5) is 10.8. The molecule has 1 aromatic heterocycles. The molecule has 1 saturated heterocycles. The van der Waals surface area contributed by atoms with Crippen LogP contribution in [0, 0.1) is 11.8 Å². The molecule has 14 heavy (non-hydrogen) atoms. The van der Waals surface area contributed by atoms with Gasteiger partial charge in [0.15, 0.2) is 0 Å². The Morgan fingerprint density at radius 1 is 1.43 bits per heavy atom. The summed E-state index contributed by atoms with van der Waals surface area (Å²) in [5, 5.41) is 0. The van der Waals surface area contributed by atoms with Crippen molar-refractivity contribution >= 4 is 0 Å². The fraction of sp³-hybridized carbons (Fsp3) is 0.636. The maximum Gasteiger partial charge on any atom is 0.0726 e. The van der Waals surface area contributed by atoms with Crippen molar-refractivity contribution in [1.29, 1.82) is 0 Å². The molecule has 2 rings (SSSR count). The lowest BCUT2D eigenvalue weighted by Gasteiger charge is -2.41. The van der Waals surface area contributed by atoms with Crippen LogP contribution in [0.5, 0.6) is 0 Å². The second-order valence-corrected chi connectivity index (χ2v) is 4.39. The van der Waals surface area contributed by atoms with Gasteiger partial charge in [0.2, 0.25) is 0 Å². The van der Waals surface area contributed by atoms with Gasteiger partial charge in [0.1, 0.15) is 0 Å². The summed E-state index contributed by atoms with van der Waals surface area (Å²) < 4.78 is 0. The van der Waals surface area contributed by atoms with Gasteiger partial charge >= 0.3 is 0 Å². The summed E-state index contributed by atoms with van der Waals surface area (Å²) in [6, 6.07) is 0. The number of rotatable bonds is 3. The number of hydrogen-bond donors (Lipinski definition) is 0.